The Morgan fingerprint density at radius 2 is 1.85 bits per heavy atom. The minimum atomic E-state index is -0.952. The third-order valence-electron chi connectivity index (χ3n) is 7.43. The lowest BCUT2D eigenvalue weighted by Crippen LogP contribution is -2.51. The van der Waals surface area contributed by atoms with Gasteiger partial charge in [-0.3, -0.25) is 19.6 Å². The number of carboxylic acids is 1. The summed E-state index contributed by atoms with van der Waals surface area (Å²) in [5.74, 6) is -0.914. The van der Waals surface area contributed by atoms with Crippen molar-refractivity contribution in [3.05, 3.63) is 30.2 Å². The monoisotopic (exact) mass is 454 g/mol. The zero-order valence-corrected chi connectivity index (χ0v) is 19.6. The molecule has 1 aliphatic carbocycles. The van der Waals surface area contributed by atoms with Gasteiger partial charge in [0.1, 0.15) is 0 Å². The van der Waals surface area contributed by atoms with Crippen molar-refractivity contribution in [2.75, 3.05) is 31.6 Å². The summed E-state index contributed by atoms with van der Waals surface area (Å²) in [4.78, 5) is 37.0. The molecule has 1 amide bonds. The van der Waals surface area contributed by atoms with Gasteiger partial charge in [0.15, 0.2) is 0 Å². The highest BCUT2D eigenvalue weighted by atomic mass is 16.4. The standard InChI is InChI=1S/C25H34N4O4/c1-18-13-21(19-16-26-10-5-20(19)27-18)29-11-8-25(33,9-12-29)17-28(2)22(30)14-24(15-23(31)32)6-3-4-7-24/h5,10,13,16,33H,3-4,6-9,11-12,14-15,17H2,1-2H3,(H,31,32). The van der Waals surface area contributed by atoms with E-state index in [-0.39, 0.29) is 25.3 Å². The number of aliphatic carboxylic acids is 1. The molecule has 0 atom stereocenters. The number of aliphatic hydroxyl groups is 1. The average Bonchev–Trinajstić information content (AvgIpc) is 3.20. The molecule has 0 aromatic carbocycles. The van der Waals surface area contributed by atoms with Gasteiger partial charge in [-0.05, 0) is 50.2 Å². The van der Waals surface area contributed by atoms with Crippen LogP contribution in [-0.4, -0.2) is 69.2 Å². The number of piperidine rings is 1. The van der Waals surface area contributed by atoms with Crippen molar-refractivity contribution in [2.24, 2.45) is 5.41 Å². The Labute approximate surface area is 194 Å². The van der Waals surface area contributed by atoms with E-state index in [4.69, 9.17) is 0 Å². The molecule has 0 radical (unpaired) electrons. The first-order chi connectivity index (χ1) is 15.7. The van der Waals surface area contributed by atoms with E-state index in [1.807, 2.05) is 19.2 Å². The van der Waals surface area contributed by atoms with Gasteiger partial charge in [-0.25, -0.2) is 0 Å². The SMILES string of the molecule is Cc1cc(N2CCC(O)(CN(C)C(=O)CC3(CC(=O)O)CCCC3)CC2)c2cnccc2n1. The molecule has 178 valence electrons. The maximum Gasteiger partial charge on any atom is 0.303 e. The molecule has 0 bridgehead atoms. The Kier molecular flexibility index (Phi) is 6.56. The van der Waals surface area contributed by atoms with Crippen molar-refractivity contribution >= 4 is 28.5 Å². The van der Waals surface area contributed by atoms with Gasteiger partial charge in [0.2, 0.25) is 5.91 Å². The molecule has 3 heterocycles. The first-order valence-corrected chi connectivity index (χ1v) is 11.8. The number of anilines is 1. The molecule has 1 saturated carbocycles. The fourth-order valence-electron chi connectivity index (χ4n) is 5.61. The number of amides is 1. The van der Waals surface area contributed by atoms with Crippen molar-refractivity contribution in [2.45, 2.75) is 63.9 Å². The smallest absolute Gasteiger partial charge is 0.303 e. The summed E-state index contributed by atoms with van der Waals surface area (Å²) in [7, 11) is 1.72. The predicted octanol–water partition coefficient (Wildman–Crippen LogP) is 3.15. The molecule has 2 fully saturated rings. The highest BCUT2D eigenvalue weighted by molar-refractivity contribution is 5.91. The second-order valence-electron chi connectivity index (χ2n) is 10.1. The summed E-state index contributed by atoms with van der Waals surface area (Å²) in [6.07, 6.45) is 8.48. The number of carboxylic acid groups (broad SMARTS) is 1. The van der Waals surface area contributed by atoms with Crippen molar-refractivity contribution in [1.82, 2.24) is 14.9 Å². The molecule has 8 nitrogen and oxygen atoms in total. The number of aromatic nitrogens is 2. The first-order valence-electron chi connectivity index (χ1n) is 11.8. The van der Waals surface area contributed by atoms with Crippen LogP contribution < -0.4 is 4.90 Å². The number of hydrogen-bond acceptors (Lipinski definition) is 6. The third-order valence-corrected chi connectivity index (χ3v) is 7.43. The fraction of sp³-hybridized carbons (Fsp3) is 0.600. The van der Waals surface area contributed by atoms with Gasteiger partial charge in [0.05, 0.1) is 17.5 Å². The van der Waals surface area contributed by atoms with Crippen molar-refractivity contribution in [3.63, 3.8) is 0 Å². The summed E-state index contributed by atoms with van der Waals surface area (Å²) in [6, 6.07) is 3.97. The van der Waals surface area contributed by atoms with E-state index in [0.717, 1.165) is 48.0 Å². The number of hydrogen-bond donors (Lipinski definition) is 2. The van der Waals surface area contributed by atoms with Crippen LogP contribution in [0.1, 0.15) is 57.1 Å². The van der Waals surface area contributed by atoms with Crippen LogP contribution in [0.2, 0.25) is 0 Å². The van der Waals surface area contributed by atoms with Crippen molar-refractivity contribution in [3.8, 4) is 0 Å². The summed E-state index contributed by atoms with van der Waals surface area (Å²) >= 11 is 0. The second kappa shape index (κ2) is 9.25. The van der Waals surface area contributed by atoms with Crippen LogP contribution in [0.15, 0.2) is 24.5 Å². The average molecular weight is 455 g/mol. The fourth-order valence-corrected chi connectivity index (χ4v) is 5.61. The minimum Gasteiger partial charge on any atom is -0.481 e. The number of rotatable bonds is 7. The van der Waals surface area contributed by atoms with E-state index in [0.29, 0.717) is 25.9 Å². The zero-order valence-electron chi connectivity index (χ0n) is 19.6. The Balaban J connectivity index is 1.39. The Morgan fingerprint density at radius 3 is 2.52 bits per heavy atom. The molecule has 2 N–H and O–H groups in total. The van der Waals surface area contributed by atoms with Gasteiger partial charge in [0, 0.05) is 62.3 Å². The highest BCUT2D eigenvalue weighted by Crippen LogP contribution is 2.44. The number of aryl methyl sites for hydroxylation is 1. The molecule has 2 aromatic rings. The van der Waals surface area contributed by atoms with Gasteiger partial charge < -0.3 is 20.0 Å². The number of nitrogens with zero attached hydrogens (tertiary/aromatic N) is 4. The summed E-state index contributed by atoms with van der Waals surface area (Å²) in [5.41, 5.74) is 1.55. The van der Waals surface area contributed by atoms with Crippen LogP contribution in [0.4, 0.5) is 5.69 Å². The minimum absolute atomic E-state index is 0.0416. The van der Waals surface area contributed by atoms with Gasteiger partial charge in [-0.1, -0.05) is 12.8 Å². The number of carbonyl (C=O) groups excluding carboxylic acids is 1. The third kappa shape index (κ3) is 5.27. The molecule has 2 aliphatic rings. The molecule has 8 heteroatoms. The van der Waals surface area contributed by atoms with Crippen LogP contribution in [0, 0.1) is 12.3 Å². The molecule has 4 rings (SSSR count). The van der Waals surface area contributed by atoms with Gasteiger partial charge in [-0.15, -0.1) is 0 Å². The molecule has 1 aliphatic heterocycles. The Hall–Kier alpha value is -2.74. The van der Waals surface area contributed by atoms with Crippen LogP contribution >= 0.6 is 0 Å². The van der Waals surface area contributed by atoms with Crippen LogP contribution in [0.25, 0.3) is 10.9 Å². The number of pyridine rings is 2. The Morgan fingerprint density at radius 1 is 1.15 bits per heavy atom. The number of fused-ring (bicyclic) bond motifs is 1. The summed E-state index contributed by atoms with van der Waals surface area (Å²) < 4.78 is 0. The normalized spacial score (nSPS) is 19.5. The molecule has 0 spiro atoms. The molecule has 1 saturated heterocycles. The molecule has 0 unspecified atom stereocenters. The van der Waals surface area contributed by atoms with Crippen LogP contribution in [0.5, 0.6) is 0 Å². The molecular formula is C25H34N4O4. The van der Waals surface area contributed by atoms with Crippen molar-refractivity contribution in [1.29, 1.82) is 0 Å². The summed E-state index contributed by atoms with van der Waals surface area (Å²) in [5, 5.41) is 21.6. The lowest BCUT2D eigenvalue weighted by atomic mass is 9.79. The largest absolute Gasteiger partial charge is 0.481 e. The predicted molar refractivity (Wildman–Crippen MR) is 126 cm³/mol. The van der Waals surface area contributed by atoms with E-state index in [1.165, 1.54) is 0 Å². The lowest BCUT2D eigenvalue weighted by molar-refractivity contribution is -0.142. The van der Waals surface area contributed by atoms with E-state index in [2.05, 4.69) is 20.9 Å². The molecule has 2 aromatic heterocycles. The van der Waals surface area contributed by atoms with E-state index < -0.39 is 17.0 Å². The highest BCUT2D eigenvalue weighted by Gasteiger charge is 2.40. The maximum atomic E-state index is 13.0. The van der Waals surface area contributed by atoms with E-state index in [9.17, 15) is 19.8 Å². The quantitative estimate of drug-likeness (QED) is 0.662. The lowest BCUT2D eigenvalue weighted by Gasteiger charge is -2.41. The van der Waals surface area contributed by atoms with E-state index >= 15 is 0 Å². The van der Waals surface area contributed by atoms with Crippen molar-refractivity contribution < 1.29 is 19.8 Å². The number of likely N-dealkylation sites (N-methyl/N-ethyl adjacent to an activating group) is 1. The van der Waals surface area contributed by atoms with Crippen LogP contribution in [0.3, 0.4) is 0 Å². The summed E-state index contributed by atoms with van der Waals surface area (Å²) in [6.45, 7) is 3.59. The Bertz CT molecular complexity index is 1030. The van der Waals surface area contributed by atoms with Gasteiger partial charge in [0.25, 0.3) is 0 Å². The molecule has 33 heavy (non-hydrogen) atoms. The number of carbonyl (C=O) groups is 2. The van der Waals surface area contributed by atoms with Crippen LogP contribution in [-0.2, 0) is 9.59 Å². The first kappa shape index (κ1) is 23.4. The maximum absolute atomic E-state index is 13.0. The molecular weight excluding hydrogens is 420 g/mol. The van der Waals surface area contributed by atoms with Gasteiger partial charge in [-0.2, -0.15) is 0 Å². The zero-order chi connectivity index (χ0) is 23.6. The van der Waals surface area contributed by atoms with Gasteiger partial charge >= 0.3 is 5.97 Å². The van der Waals surface area contributed by atoms with E-state index in [1.54, 1.807) is 18.1 Å². The second-order valence-corrected chi connectivity index (χ2v) is 10.1. The topological polar surface area (TPSA) is 107 Å².